The quantitative estimate of drug-likeness (QED) is 0.399. The smallest absolute Gasteiger partial charge is 0.323 e. The number of aromatic nitrogens is 3. The van der Waals surface area contributed by atoms with Gasteiger partial charge in [-0.3, -0.25) is 5.43 Å². The van der Waals surface area contributed by atoms with Crippen molar-refractivity contribution in [1.29, 1.82) is 0 Å². The number of halogens is 2. The van der Waals surface area contributed by atoms with E-state index in [0.29, 0.717) is 17.6 Å². The van der Waals surface area contributed by atoms with Crippen LogP contribution in [0.15, 0.2) is 18.2 Å². The summed E-state index contributed by atoms with van der Waals surface area (Å²) in [4.78, 5) is 12.2. The van der Waals surface area contributed by atoms with Crippen molar-refractivity contribution in [2.24, 2.45) is 5.84 Å². The van der Waals surface area contributed by atoms with Crippen molar-refractivity contribution in [2.75, 3.05) is 17.3 Å². The van der Waals surface area contributed by atoms with E-state index in [9.17, 15) is 0 Å². The third kappa shape index (κ3) is 3.81. The summed E-state index contributed by atoms with van der Waals surface area (Å²) in [5, 5.41) is 3.73. The lowest BCUT2D eigenvalue weighted by molar-refractivity contribution is 0.312. The first-order chi connectivity index (χ1) is 9.62. The molecule has 1 heterocycles. The van der Waals surface area contributed by atoms with Gasteiger partial charge in [0.25, 0.3) is 0 Å². The molecule has 0 radical (unpaired) electrons. The molecule has 0 aliphatic heterocycles. The summed E-state index contributed by atoms with van der Waals surface area (Å²) in [6, 6.07) is 5.64. The van der Waals surface area contributed by atoms with Gasteiger partial charge in [0.1, 0.15) is 0 Å². The highest BCUT2D eigenvalue weighted by molar-refractivity contribution is 14.1. The Morgan fingerprint density at radius 2 is 2.05 bits per heavy atom. The first kappa shape index (κ1) is 15.0. The maximum atomic E-state index is 5.91. The number of benzene rings is 1. The van der Waals surface area contributed by atoms with E-state index in [-0.39, 0.29) is 12.0 Å². The zero-order chi connectivity index (χ0) is 14.5. The maximum absolute atomic E-state index is 5.91. The molecule has 0 saturated carbocycles. The summed E-state index contributed by atoms with van der Waals surface area (Å²) in [5.74, 6) is 5.87. The third-order valence-electron chi connectivity index (χ3n) is 2.20. The molecule has 9 heteroatoms. The maximum Gasteiger partial charge on any atom is 0.323 e. The van der Waals surface area contributed by atoms with Crippen LogP contribution >= 0.6 is 34.2 Å². The molecule has 1 aromatic carbocycles. The standard InChI is InChI=1S/C11H12ClIN6O/c1-2-20-11-17-9(16-10(18-11)19-14)15-8-4-3-6(12)5-7(8)13/h3-5H,2,14H2,1H3,(H2,15,16,17,18,19). The monoisotopic (exact) mass is 406 g/mol. The molecule has 0 unspecified atom stereocenters. The van der Waals surface area contributed by atoms with Gasteiger partial charge in [-0.25, -0.2) is 5.84 Å². The minimum Gasteiger partial charge on any atom is -0.464 e. The van der Waals surface area contributed by atoms with Crippen molar-refractivity contribution in [2.45, 2.75) is 6.92 Å². The van der Waals surface area contributed by atoms with Gasteiger partial charge < -0.3 is 10.1 Å². The van der Waals surface area contributed by atoms with Gasteiger partial charge in [0.15, 0.2) is 0 Å². The fourth-order valence-corrected chi connectivity index (χ4v) is 2.39. The Balaban J connectivity index is 2.29. The van der Waals surface area contributed by atoms with Gasteiger partial charge in [0.05, 0.1) is 12.3 Å². The van der Waals surface area contributed by atoms with Gasteiger partial charge >= 0.3 is 6.01 Å². The molecule has 7 nitrogen and oxygen atoms in total. The van der Waals surface area contributed by atoms with Gasteiger partial charge in [0, 0.05) is 8.59 Å². The molecule has 0 bridgehead atoms. The molecule has 0 saturated heterocycles. The summed E-state index contributed by atoms with van der Waals surface area (Å²) >= 11 is 8.08. The average molecular weight is 407 g/mol. The minimum absolute atomic E-state index is 0.196. The van der Waals surface area contributed by atoms with Crippen LogP contribution in [0, 0.1) is 3.57 Å². The Morgan fingerprint density at radius 1 is 1.30 bits per heavy atom. The first-order valence-corrected chi connectivity index (χ1v) is 7.15. The number of nitrogens with zero attached hydrogens (tertiary/aromatic N) is 3. The Bertz CT molecular complexity index is 611. The lowest BCUT2D eigenvalue weighted by Gasteiger charge is -2.10. The van der Waals surface area contributed by atoms with Crippen LogP contribution in [0.25, 0.3) is 0 Å². The predicted molar refractivity (Wildman–Crippen MR) is 86.3 cm³/mol. The van der Waals surface area contributed by atoms with Crippen molar-refractivity contribution in [3.63, 3.8) is 0 Å². The minimum atomic E-state index is 0.196. The number of nitrogens with two attached hydrogens (primary N) is 1. The molecule has 2 aromatic rings. The number of ether oxygens (including phenoxy) is 1. The number of rotatable bonds is 5. The molecule has 0 spiro atoms. The van der Waals surface area contributed by atoms with E-state index in [4.69, 9.17) is 22.2 Å². The molecule has 0 aliphatic rings. The van der Waals surface area contributed by atoms with E-state index in [1.807, 2.05) is 19.1 Å². The number of hydrogen-bond acceptors (Lipinski definition) is 7. The Hall–Kier alpha value is -1.39. The fraction of sp³-hybridized carbons (Fsp3) is 0.182. The molecular formula is C11H12ClIN6O. The van der Waals surface area contributed by atoms with Crippen LogP contribution in [0.4, 0.5) is 17.6 Å². The highest BCUT2D eigenvalue weighted by atomic mass is 127. The van der Waals surface area contributed by atoms with E-state index < -0.39 is 0 Å². The number of hydrogen-bond donors (Lipinski definition) is 3. The summed E-state index contributed by atoms with van der Waals surface area (Å²) in [7, 11) is 0. The largest absolute Gasteiger partial charge is 0.464 e. The van der Waals surface area contributed by atoms with Crippen molar-refractivity contribution >= 4 is 51.8 Å². The number of nitrogens with one attached hydrogen (secondary N) is 2. The fourth-order valence-electron chi connectivity index (χ4n) is 1.38. The molecule has 2 rings (SSSR count). The van der Waals surface area contributed by atoms with Crippen LogP contribution in [0.1, 0.15) is 6.92 Å². The first-order valence-electron chi connectivity index (χ1n) is 5.70. The third-order valence-corrected chi connectivity index (χ3v) is 3.32. The van der Waals surface area contributed by atoms with Gasteiger partial charge in [-0.05, 0) is 47.7 Å². The molecule has 1 aromatic heterocycles. The van der Waals surface area contributed by atoms with Crippen LogP contribution in [0.2, 0.25) is 5.02 Å². The molecule has 4 N–H and O–H groups in total. The summed E-state index contributed by atoms with van der Waals surface area (Å²) < 4.78 is 6.20. The van der Waals surface area contributed by atoms with E-state index >= 15 is 0 Å². The van der Waals surface area contributed by atoms with Crippen molar-refractivity contribution in [1.82, 2.24) is 15.0 Å². The molecule has 106 valence electrons. The van der Waals surface area contributed by atoms with Crippen LogP contribution in [0.5, 0.6) is 6.01 Å². The average Bonchev–Trinajstić information content (AvgIpc) is 2.42. The van der Waals surface area contributed by atoms with Crippen LogP contribution in [0.3, 0.4) is 0 Å². The highest BCUT2D eigenvalue weighted by Gasteiger charge is 2.08. The molecular weight excluding hydrogens is 395 g/mol. The van der Waals surface area contributed by atoms with Crippen LogP contribution < -0.4 is 21.3 Å². The molecule has 0 aliphatic carbocycles. The zero-order valence-electron chi connectivity index (χ0n) is 10.5. The van der Waals surface area contributed by atoms with Gasteiger partial charge in [0.2, 0.25) is 11.9 Å². The lowest BCUT2D eigenvalue weighted by atomic mass is 10.3. The van der Waals surface area contributed by atoms with E-state index in [1.165, 1.54) is 0 Å². The molecule has 0 atom stereocenters. The second kappa shape index (κ2) is 6.86. The molecule has 0 fully saturated rings. The van der Waals surface area contributed by atoms with Gasteiger partial charge in [-0.1, -0.05) is 11.6 Å². The summed E-state index contributed by atoms with van der Waals surface area (Å²) in [6.07, 6.45) is 0. The molecule has 20 heavy (non-hydrogen) atoms. The summed E-state index contributed by atoms with van der Waals surface area (Å²) in [5.41, 5.74) is 3.20. The number of anilines is 3. The zero-order valence-corrected chi connectivity index (χ0v) is 13.4. The normalized spacial score (nSPS) is 10.2. The molecule has 0 amide bonds. The topological polar surface area (TPSA) is 98.0 Å². The highest BCUT2D eigenvalue weighted by Crippen LogP contribution is 2.25. The Labute approximate surface area is 134 Å². The number of nitrogen functional groups attached to an aromatic ring is 1. The SMILES string of the molecule is CCOc1nc(NN)nc(Nc2ccc(Cl)cc2I)n1. The van der Waals surface area contributed by atoms with Gasteiger partial charge in [-0.15, -0.1) is 0 Å². The number of hydrazine groups is 1. The summed E-state index contributed by atoms with van der Waals surface area (Å²) in [6.45, 7) is 2.29. The Morgan fingerprint density at radius 3 is 2.70 bits per heavy atom. The second-order valence-electron chi connectivity index (χ2n) is 3.59. The van der Waals surface area contributed by atoms with Crippen molar-refractivity contribution in [3.8, 4) is 6.01 Å². The van der Waals surface area contributed by atoms with E-state index in [2.05, 4.69) is 48.3 Å². The van der Waals surface area contributed by atoms with Crippen LogP contribution in [-0.2, 0) is 0 Å². The van der Waals surface area contributed by atoms with Crippen molar-refractivity contribution in [3.05, 3.63) is 26.8 Å². The lowest BCUT2D eigenvalue weighted by Crippen LogP contribution is -2.13. The van der Waals surface area contributed by atoms with E-state index in [1.54, 1.807) is 6.07 Å². The Kier molecular flexibility index (Phi) is 5.15. The van der Waals surface area contributed by atoms with Gasteiger partial charge in [-0.2, -0.15) is 15.0 Å². The van der Waals surface area contributed by atoms with Crippen LogP contribution in [-0.4, -0.2) is 21.6 Å². The van der Waals surface area contributed by atoms with E-state index in [0.717, 1.165) is 9.26 Å². The second-order valence-corrected chi connectivity index (χ2v) is 5.19. The van der Waals surface area contributed by atoms with Crippen molar-refractivity contribution < 1.29 is 4.74 Å². The predicted octanol–water partition coefficient (Wildman–Crippen LogP) is 2.56.